The van der Waals surface area contributed by atoms with E-state index >= 15 is 0 Å². The van der Waals surface area contributed by atoms with Crippen molar-refractivity contribution in [2.45, 2.75) is 39.7 Å². The lowest BCUT2D eigenvalue weighted by Gasteiger charge is -2.19. The molecule has 0 aliphatic heterocycles. The van der Waals surface area contributed by atoms with Crippen LogP contribution in [0.15, 0.2) is 12.1 Å². The summed E-state index contributed by atoms with van der Waals surface area (Å²) in [6.07, 6.45) is 0.0162. The van der Waals surface area contributed by atoms with Gasteiger partial charge >= 0.3 is 11.8 Å². The summed E-state index contributed by atoms with van der Waals surface area (Å²) in [4.78, 5) is 25.5. The molecule has 0 aliphatic rings. The summed E-state index contributed by atoms with van der Waals surface area (Å²) in [6, 6.07) is 3.07. The molecule has 1 aromatic heterocycles. The first-order valence-electron chi connectivity index (χ1n) is 6.16. The van der Waals surface area contributed by atoms with Crippen molar-refractivity contribution in [3.63, 3.8) is 0 Å². The van der Waals surface area contributed by atoms with Gasteiger partial charge in [0.25, 0.3) is 0 Å². The Morgan fingerprint density at radius 3 is 2.60 bits per heavy atom. The number of pyridine rings is 1. The number of nitrogens with zero attached hydrogens (tertiary/aromatic N) is 2. The molecule has 0 fully saturated rings. The Morgan fingerprint density at radius 2 is 2.05 bits per heavy atom. The molecule has 0 spiro atoms. The molecule has 0 bridgehead atoms. The van der Waals surface area contributed by atoms with Crippen LogP contribution in [0.2, 0.25) is 0 Å². The summed E-state index contributed by atoms with van der Waals surface area (Å²) in [5.41, 5.74) is -0.0368. The normalized spacial score (nSPS) is 11.0. The number of esters is 1. The lowest BCUT2D eigenvalue weighted by molar-refractivity contribution is -0.390. The van der Waals surface area contributed by atoms with Gasteiger partial charge < -0.3 is 19.6 Å². The van der Waals surface area contributed by atoms with Crippen molar-refractivity contribution >= 4 is 11.8 Å². The first kappa shape index (κ1) is 15.9. The van der Waals surface area contributed by atoms with Gasteiger partial charge in [0, 0.05) is 6.92 Å². The maximum Gasteiger partial charge on any atom is 0.406 e. The van der Waals surface area contributed by atoms with E-state index in [9.17, 15) is 14.9 Å². The van der Waals surface area contributed by atoms with Gasteiger partial charge in [0.1, 0.15) is 11.3 Å². The fourth-order valence-corrected chi connectivity index (χ4v) is 1.41. The summed E-state index contributed by atoms with van der Waals surface area (Å²) >= 11 is 0. The molecular formula is C13H18N2O5. The summed E-state index contributed by atoms with van der Waals surface area (Å²) in [6.45, 7) is 6.94. The molecule has 0 unspecified atom stereocenters. The van der Waals surface area contributed by atoms with E-state index in [2.05, 4.69) is 4.98 Å². The van der Waals surface area contributed by atoms with E-state index in [1.807, 2.05) is 0 Å². The first-order valence-corrected chi connectivity index (χ1v) is 6.16. The predicted molar refractivity (Wildman–Crippen MR) is 71.6 cm³/mol. The Kier molecular flexibility index (Phi) is 5.01. The van der Waals surface area contributed by atoms with Gasteiger partial charge in [0.05, 0.1) is 13.0 Å². The van der Waals surface area contributed by atoms with E-state index in [1.54, 1.807) is 33.8 Å². The van der Waals surface area contributed by atoms with Gasteiger partial charge in [-0.2, -0.15) is 0 Å². The Hall–Kier alpha value is -2.18. The van der Waals surface area contributed by atoms with E-state index in [-0.39, 0.29) is 24.6 Å². The Labute approximate surface area is 117 Å². The molecule has 0 N–H and O–H groups in total. The van der Waals surface area contributed by atoms with Crippen molar-refractivity contribution in [2.75, 3.05) is 6.61 Å². The van der Waals surface area contributed by atoms with E-state index < -0.39 is 16.5 Å². The minimum atomic E-state index is -0.615. The van der Waals surface area contributed by atoms with Crippen LogP contribution in [0.25, 0.3) is 0 Å². The number of ether oxygens (including phenoxy) is 2. The van der Waals surface area contributed by atoms with Gasteiger partial charge in [0.15, 0.2) is 0 Å². The molecule has 7 heteroatoms. The number of nitro groups is 1. The van der Waals surface area contributed by atoms with Crippen molar-refractivity contribution in [1.82, 2.24) is 4.98 Å². The van der Waals surface area contributed by atoms with Gasteiger partial charge in [-0.3, -0.25) is 4.79 Å². The minimum absolute atomic E-state index is 0.000490. The van der Waals surface area contributed by atoms with Gasteiger partial charge in [-0.25, -0.2) is 0 Å². The molecule has 0 radical (unpaired) electrons. The van der Waals surface area contributed by atoms with Crippen molar-refractivity contribution in [3.05, 3.63) is 27.9 Å². The summed E-state index contributed by atoms with van der Waals surface area (Å²) < 4.78 is 10.3. The SMILES string of the molecule is Cc1ccc(OCCC(=O)OC(C)(C)C)c([N+](=O)[O-])n1. The summed E-state index contributed by atoms with van der Waals surface area (Å²) in [7, 11) is 0. The third kappa shape index (κ3) is 5.21. The molecule has 0 atom stereocenters. The number of aromatic nitrogens is 1. The molecule has 0 amide bonds. The fraction of sp³-hybridized carbons (Fsp3) is 0.538. The van der Waals surface area contributed by atoms with Crippen LogP contribution in [0, 0.1) is 17.0 Å². The Bertz CT molecular complexity index is 508. The van der Waals surface area contributed by atoms with Crippen LogP contribution in [0.1, 0.15) is 32.9 Å². The maximum absolute atomic E-state index is 11.5. The highest BCUT2D eigenvalue weighted by atomic mass is 16.6. The average molecular weight is 282 g/mol. The number of hydrogen-bond donors (Lipinski definition) is 0. The van der Waals surface area contributed by atoms with Gasteiger partial charge in [0.2, 0.25) is 5.75 Å². The van der Waals surface area contributed by atoms with Crippen molar-refractivity contribution in [2.24, 2.45) is 0 Å². The van der Waals surface area contributed by atoms with Crippen LogP contribution in [0.4, 0.5) is 5.82 Å². The Balaban J connectivity index is 2.58. The largest absolute Gasteiger partial charge is 0.485 e. The molecule has 0 aromatic carbocycles. The number of carbonyl (C=O) groups is 1. The predicted octanol–water partition coefficient (Wildman–Crippen LogP) is 2.41. The van der Waals surface area contributed by atoms with Gasteiger partial charge in [-0.1, -0.05) is 0 Å². The fourth-order valence-electron chi connectivity index (χ4n) is 1.41. The monoisotopic (exact) mass is 282 g/mol. The van der Waals surface area contributed by atoms with Crippen molar-refractivity contribution < 1.29 is 19.2 Å². The second kappa shape index (κ2) is 6.31. The molecule has 20 heavy (non-hydrogen) atoms. The minimum Gasteiger partial charge on any atom is -0.485 e. The highest BCUT2D eigenvalue weighted by Crippen LogP contribution is 2.24. The average Bonchev–Trinajstić information content (AvgIpc) is 2.28. The molecule has 1 rings (SSSR count). The highest BCUT2D eigenvalue weighted by Gasteiger charge is 2.19. The zero-order chi connectivity index (χ0) is 15.3. The molecule has 110 valence electrons. The molecule has 7 nitrogen and oxygen atoms in total. The molecule has 0 saturated carbocycles. The van der Waals surface area contributed by atoms with E-state index in [0.717, 1.165) is 0 Å². The van der Waals surface area contributed by atoms with Gasteiger partial charge in [-0.05, 0) is 42.8 Å². The molecular weight excluding hydrogens is 264 g/mol. The molecule has 1 aromatic rings. The number of carbonyl (C=O) groups excluding carboxylic acids is 1. The van der Waals surface area contributed by atoms with E-state index in [1.165, 1.54) is 6.07 Å². The third-order valence-electron chi connectivity index (χ3n) is 2.14. The molecule has 0 saturated heterocycles. The zero-order valence-electron chi connectivity index (χ0n) is 12.0. The van der Waals surface area contributed by atoms with Crippen molar-refractivity contribution in [3.8, 4) is 5.75 Å². The van der Waals surface area contributed by atoms with Crippen LogP contribution in [-0.4, -0.2) is 28.1 Å². The summed E-state index contributed by atoms with van der Waals surface area (Å²) in [5, 5.41) is 10.8. The maximum atomic E-state index is 11.5. The van der Waals surface area contributed by atoms with E-state index in [4.69, 9.17) is 9.47 Å². The van der Waals surface area contributed by atoms with Crippen LogP contribution in [0.5, 0.6) is 5.75 Å². The van der Waals surface area contributed by atoms with Crippen LogP contribution in [0.3, 0.4) is 0 Å². The second-order valence-corrected chi connectivity index (χ2v) is 5.22. The lowest BCUT2D eigenvalue weighted by atomic mass is 10.2. The number of hydrogen-bond acceptors (Lipinski definition) is 6. The quantitative estimate of drug-likeness (QED) is 0.468. The molecule has 1 heterocycles. The summed E-state index contributed by atoms with van der Waals surface area (Å²) in [5.74, 6) is -0.724. The number of rotatable bonds is 5. The highest BCUT2D eigenvalue weighted by molar-refractivity contribution is 5.70. The topological polar surface area (TPSA) is 91.6 Å². The lowest BCUT2D eigenvalue weighted by Crippen LogP contribution is -2.24. The zero-order valence-corrected chi connectivity index (χ0v) is 12.0. The van der Waals surface area contributed by atoms with Crippen LogP contribution < -0.4 is 4.74 Å². The van der Waals surface area contributed by atoms with Crippen LogP contribution in [-0.2, 0) is 9.53 Å². The van der Waals surface area contributed by atoms with Gasteiger partial charge in [-0.15, -0.1) is 0 Å². The van der Waals surface area contributed by atoms with Crippen molar-refractivity contribution in [1.29, 1.82) is 0 Å². The smallest absolute Gasteiger partial charge is 0.406 e. The number of aryl methyl sites for hydroxylation is 1. The second-order valence-electron chi connectivity index (χ2n) is 5.22. The van der Waals surface area contributed by atoms with Crippen LogP contribution >= 0.6 is 0 Å². The Morgan fingerprint density at radius 1 is 1.40 bits per heavy atom. The third-order valence-corrected chi connectivity index (χ3v) is 2.14. The van der Waals surface area contributed by atoms with E-state index in [0.29, 0.717) is 5.69 Å². The first-order chi connectivity index (χ1) is 9.19. The standard InChI is InChI=1S/C13H18N2O5/c1-9-5-6-10(12(14-9)15(17)18)19-8-7-11(16)20-13(2,3)4/h5-6H,7-8H2,1-4H3. The molecule has 0 aliphatic carbocycles.